The lowest BCUT2D eigenvalue weighted by molar-refractivity contribution is 0.0823. The first-order chi connectivity index (χ1) is 13.5. The molecule has 0 saturated heterocycles. The van der Waals surface area contributed by atoms with Crippen molar-refractivity contribution in [2.75, 3.05) is 6.61 Å². The monoisotopic (exact) mass is 378 g/mol. The first-order valence-electron chi connectivity index (χ1n) is 9.66. The van der Waals surface area contributed by atoms with E-state index in [0.717, 1.165) is 12.0 Å². The summed E-state index contributed by atoms with van der Waals surface area (Å²) in [6.07, 6.45) is 1.04. The number of aryl methyl sites for hydroxylation is 1. The Morgan fingerprint density at radius 3 is 2.21 bits per heavy atom. The Kier molecular flexibility index (Phi) is 6.48. The smallest absolute Gasteiger partial charge is 0.165 e. The van der Waals surface area contributed by atoms with Crippen LogP contribution in [0.25, 0.3) is 0 Å². The van der Waals surface area contributed by atoms with Crippen molar-refractivity contribution >= 4 is 0 Å². The topological polar surface area (TPSA) is 18.5 Å². The van der Waals surface area contributed by atoms with E-state index in [1.165, 1.54) is 17.2 Å². The lowest BCUT2D eigenvalue weighted by Gasteiger charge is -2.25. The summed E-state index contributed by atoms with van der Waals surface area (Å²) in [4.78, 5) is 0. The molecule has 0 aliphatic heterocycles. The molecule has 0 bridgehead atoms. The van der Waals surface area contributed by atoms with Gasteiger partial charge in [-0.1, -0.05) is 69.3 Å². The maximum atomic E-state index is 14.1. The number of hydrogen-bond donors (Lipinski definition) is 0. The van der Waals surface area contributed by atoms with Gasteiger partial charge in [0, 0.05) is 5.41 Å². The van der Waals surface area contributed by atoms with Crippen LogP contribution in [0, 0.1) is 5.82 Å². The Bertz CT molecular complexity index is 886. The van der Waals surface area contributed by atoms with E-state index in [1.807, 2.05) is 18.2 Å². The predicted molar refractivity (Wildman–Crippen MR) is 111 cm³/mol. The largest absolute Gasteiger partial charge is 0.454 e. The fourth-order valence-electron chi connectivity index (χ4n) is 3.03. The van der Waals surface area contributed by atoms with E-state index < -0.39 is 0 Å². The lowest BCUT2D eigenvalue weighted by Crippen LogP contribution is -2.24. The van der Waals surface area contributed by atoms with Crippen molar-refractivity contribution in [3.05, 3.63) is 95.3 Å². The summed E-state index contributed by atoms with van der Waals surface area (Å²) < 4.78 is 25.7. The summed E-state index contributed by atoms with van der Waals surface area (Å²) in [6, 6.07) is 22.7. The Hall–Kier alpha value is -2.65. The van der Waals surface area contributed by atoms with Gasteiger partial charge in [0.1, 0.15) is 5.75 Å². The van der Waals surface area contributed by atoms with Gasteiger partial charge in [0.05, 0.1) is 13.2 Å². The van der Waals surface area contributed by atoms with Crippen molar-refractivity contribution in [2.24, 2.45) is 0 Å². The summed E-state index contributed by atoms with van der Waals surface area (Å²) in [5.41, 5.74) is 3.36. The summed E-state index contributed by atoms with van der Waals surface area (Å²) >= 11 is 0. The van der Waals surface area contributed by atoms with Crippen LogP contribution in [0.5, 0.6) is 11.5 Å². The van der Waals surface area contributed by atoms with Gasteiger partial charge in [-0.05, 0) is 47.4 Å². The molecule has 28 heavy (non-hydrogen) atoms. The quantitative estimate of drug-likeness (QED) is 0.435. The third kappa shape index (κ3) is 5.20. The molecule has 0 spiro atoms. The molecular weight excluding hydrogens is 351 g/mol. The molecule has 0 aromatic heterocycles. The van der Waals surface area contributed by atoms with Crippen LogP contribution in [0.4, 0.5) is 4.39 Å². The van der Waals surface area contributed by atoms with Crippen LogP contribution in [0.1, 0.15) is 37.5 Å². The van der Waals surface area contributed by atoms with Gasteiger partial charge in [-0.2, -0.15) is 0 Å². The van der Waals surface area contributed by atoms with Crippen LogP contribution in [-0.2, 0) is 23.2 Å². The number of benzene rings is 3. The molecule has 3 rings (SSSR count). The van der Waals surface area contributed by atoms with Gasteiger partial charge in [0.15, 0.2) is 11.6 Å². The molecule has 0 heterocycles. The molecule has 3 aromatic rings. The second-order valence-corrected chi connectivity index (χ2v) is 7.61. The number of hydrogen-bond acceptors (Lipinski definition) is 2. The van der Waals surface area contributed by atoms with Crippen molar-refractivity contribution in [1.29, 1.82) is 0 Å². The van der Waals surface area contributed by atoms with Gasteiger partial charge in [0.25, 0.3) is 0 Å². The molecule has 0 radical (unpaired) electrons. The van der Waals surface area contributed by atoms with Crippen LogP contribution in [0.3, 0.4) is 0 Å². The van der Waals surface area contributed by atoms with E-state index in [9.17, 15) is 4.39 Å². The Balaban J connectivity index is 1.61. The molecule has 0 aliphatic carbocycles. The predicted octanol–water partition coefficient (Wildman–Crippen LogP) is 6.67. The van der Waals surface area contributed by atoms with E-state index in [1.54, 1.807) is 24.3 Å². The van der Waals surface area contributed by atoms with Crippen molar-refractivity contribution in [3.63, 3.8) is 0 Å². The lowest BCUT2D eigenvalue weighted by atomic mass is 9.85. The fraction of sp³-hybridized carbons (Fsp3) is 0.280. The molecule has 0 amide bonds. The highest BCUT2D eigenvalue weighted by Crippen LogP contribution is 2.27. The fourth-order valence-corrected chi connectivity index (χ4v) is 3.03. The van der Waals surface area contributed by atoms with Crippen molar-refractivity contribution < 1.29 is 13.9 Å². The first kappa shape index (κ1) is 20.1. The number of rotatable bonds is 8. The van der Waals surface area contributed by atoms with Crippen LogP contribution >= 0.6 is 0 Å². The standard InChI is InChI=1S/C25H27FO2/c1-4-19-10-13-21(14-11-19)25(2,3)18-27-17-20-12-15-23(26)24(16-20)28-22-8-6-5-7-9-22/h5-16H,4,17-18H2,1-3H3. The normalized spacial score (nSPS) is 11.4. The van der Waals surface area contributed by atoms with Crippen LogP contribution in [0.2, 0.25) is 0 Å². The van der Waals surface area contributed by atoms with Gasteiger partial charge in [0.2, 0.25) is 0 Å². The molecular formula is C25H27FO2. The molecule has 3 aromatic carbocycles. The van der Waals surface area contributed by atoms with Crippen LogP contribution in [0.15, 0.2) is 72.8 Å². The molecule has 0 fully saturated rings. The number of halogens is 1. The minimum absolute atomic E-state index is 0.102. The van der Waals surface area contributed by atoms with Crippen LogP contribution in [-0.4, -0.2) is 6.61 Å². The van der Waals surface area contributed by atoms with Crippen molar-refractivity contribution in [3.8, 4) is 11.5 Å². The molecule has 146 valence electrons. The number of ether oxygens (including phenoxy) is 2. The second kappa shape index (κ2) is 9.03. The highest BCUT2D eigenvalue weighted by Gasteiger charge is 2.21. The zero-order valence-electron chi connectivity index (χ0n) is 16.7. The van der Waals surface area contributed by atoms with Crippen molar-refractivity contribution in [1.82, 2.24) is 0 Å². The van der Waals surface area contributed by atoms with Gasteiger partial charge in [-0.25, -0.2) is 4.39 Å². The van der Waals surface area contributed by atoms with E-state index in [-0.39, 0.29) is 17.0 Å². The summed E-state index contributed by atoms with van der Waals surface area (Å²) in [6.45, 7) is 7.47. The van der Waals surface area contributed by atoms with E-state index in [2.05, 4.69) is 45.0 Å². The van der Waals surface area contributed by atoms with Gasteiger partial charge < -0.3 is 9.47 Å². The minimum Gasteiger partial charge on any atom is -0.454 e. The zero-order chi connectivity index (χ0) is 20.0. The molecule has 0 unspecified atom stereocenters. The first-order valence-corrected chi connectivity index (χ1v) is 9.66. The third-order valence-electron chi connectivity index (χ3n) is 4.84. The zero-order valence-corrected chi connectivity index (χ0v) is 16.7. The highest BCUT2D eigenvalue weighted by molar-refractivity contribution is 5.35. The average Bonchev–Trinajstić information content (AvgIpc) is 2.71. The van der Waals surface area contributed by atoms with Crippen LogP contribution < -0.4 is 4.74 Å². The molecule has 3 heteroatoms. The molecule has 2 nitrogen and oxygen atoms in total. The van der Waals surface area contributed by atoms with Gasteiger partial charge in [-0.15, -0.1) is 0 Å². The maximum absolute atomic E-state index is 14.1. The highest BCUT2D eigenvalue weighted by atomic mass is 19.1. The van der Waals surface area contributed by atoms with E-state index in [4.69, 9.17) is 9.47 Å². The third-order valence-corrected chi connectivity index (χ3v) is 4.84. The van der Waals surface area contributed by atoms with E-state index >= 15 is 0 Å². The SMILES string of the molecule is CCc1ccc(C(C)(C)COCc2ccc(F)c(Oc3ccccc3)c2)cc1. The second-order valence-electron chi connectivity index (χ2n) is 7.61. The Morgan fingerprint density at radius 2 is 1.54 bits per heavy atom. The van der Waals surface area contributed by atoms with Gasteiger partial charge >= 0.3 is 0 Å². The van der Waals surface area contributed by atoms with Gasteiger partial charge in [-0.3, -0.25) is 0 Å². The molecule has 0 saturated carbocycles. The Morgan fingerprint density at radius 1 is 0.857 bits per heavy atom. The summed E-state index contributed by atoms with van der Waals surface area (Å²) in [5, 5.41) is 0. The maximum Gasteiger partial charge on any atom is 0.165 e. The minimum atomic E-state index is -0.385. The molecule has 0 aliphatic rings. The van der Waals surface area contributed by atoms with E-state index in [0.29, 0.717) is 19.0 Å². The van der Waals surface area contributed by atoms with Crippen molar-refractivity contribution in [2.45, 2.75) is 39.2 Å². The summed E-state index contributed by atoms with van der Waals surface area (Å²) in [5.74, 6) is 0.432. The summed E-state index contributed by atoms with van der Waals surface area (Å²) in [7, 11) is 0. The molecule has 0 N–H and O–H groups in total. The Labute approximate surface area is 166 Å². The number of para-hydroxylation sites is 1. The average molecular weight is 378 g/mol. The molecule has 0 atom stereocenters.